The van der Waals surface area contributed by atoms with E-state index in [9.17, 15) is 14.0 Å². The van der Waals surface area contributed by atoms with Crippen molar-refractivity contribution in [2.45, 2.75) is 20.3 Å². The quantitative estimate of drug-likeness (QED) is 0.650. The van der Waals surface area contributed by atoms with Crippen LogP contribution in [0.25, 0.3) is 5.82 Å². The van der Waals surface area contributed by atoms with E-state index in [-0.39, 0.29) is 17.4 Å². The molecule has 0 radical (unpaired) electrons. The Morgan fingerprint density at radius 1 is 0.871 bits per heavy atom. The van der Waals surface area contributed by atoms with Gasteiger partial charge in [-0.15, -0.1) is 0 Å². The SMILES string of the molecule is Cc1cc(C(=O)N2CCCN(C(=O)c3ccccc3F)CC2)c(C)n1-c1ccccn1. The van der Waals surface area contributed by atoms with Crippen LogP contribution >= 0.6 is 0 Å². The molecule has 0 N–H and O–H groups in total. The van der Waals surface area contributed by atoms with Crippen LogP contribution in [0.15, 0.2) is 54.7 Å². The van der Waals surface area contributed by atoms with Gasteiger partial charge in [0.15, 0.2) is 0 Å². The second-order valence-electron chi connectivity index (χ2n) is 7.73. The molecular formula is C24H25FN4O2. The standard InChI is InChI=1S/C24H25FN4O2/c1-17-16-20(18(2)29(17)22-10-5-6-11-26-22)24(31)28-13-7-12-27(14-15-28)23(30)19-8-3-4-9-21(19)25/h3-6,8-11,16H,7,12-15H2,1-2H3. The van der Waals surface area contributed by atoms with Gasteiger partial charge in [-0.25, -0.2) is 9.37 Å². The Kier molecular flexibility index (Phi) is 5.84. The molecule has 0 aliphatic carbocycles. The Balaban J connectivity index is 1.51. The summed E-state index contributed by atoms with van der Waals surface area (Å²) in [6, 6.07) is 13.6. The van der Waals surface area contributed by atoms with Crippen molar-refractivity contribution in [1.29, 1.82) is 0 Å². The minimum Gasteiger partial charge on any atom is -0.337 e. The highest BCUT2D eigenvalue weighted by atomic mass is 19.1. The largest absolute Gasteiger partial charge is 0.337 e. The number of hydrogen-bond donors (Lipinski definition) is 0. The minimum absolute atomic E-state index is 0.0597. The van der Waals surface area contributed by atoms with Crippen molar-refractivity contribution in [1.82, 2.24) is 19.4 Å². The fourth-order valence-electron chi connectivity index (χ4n) is 4.12. The number of hydrogen-bond acceptors (Lipinski definition) is 3. The first-order valence-corrected chi connectivity index (χ1v) is 10.4. The van der Waals surface area contributed by atoms with Crippen molar-refractivity contribution in [3.8, 4) is 5.82 Å². The topological polar surface area (TPSA) is 58.4 Å². The van der Waals surface area contributed by atoms with Crippen LogP contribution in [0, 0.1) is 19.7 Å². The van der Waals surface area contributed by atoms with Crippen molar-refractivity contribution < 1.29 is 14.0 Å². The number of aromatic nitrogens is 2. The molecule has 7 heteroatoms. The van der Waals surface area contributed by atoms with E-state index in [1.54, 1.807) is 28.1 Å². The van der Waals surface area contributed by atoms with E-state index in [4.69, 9.17) is 0 Å². The highest BCUT2D eigenvalue weighted by Gasteiger charge is 2.27. The Hall–Kier alpha value is -3.48. The molecule has 0 saturated carbocycles. The third-order valence-corrected chi connectivity index (χ3v) is 5.71. The molecule has 1 fully saturated rings. The second-order valence-corrected chi connectivity index (χ2v) is 7.73. The molecule has 31 heavy (non-hydrogen) atoms. The summed E-state index contributed by atoms with van der Waals surface area (Å²) in [5.74, 6) is -0.142. The number of carbonyl (C=O) groups is 2. The maximum absolute atomic E-state index is 14.0. The number of rotatable bonds is 3. The van der Waals surface area contributed by atoms with Crippen LogP contribution in [0.1, 0.15) is 38.5 Å². The fraction of sp³-hybridized carbons (Fsp3) is 0.292. The van der Waals surface area contributed by atoms with E-state index in [2.05, 4.69) is 4.98 Å². The summed E-state index contributed by atoms with van der Waals surface area (Å²) in [5.41, 5.74) is 2.48. The number of aryl methyl sites for hydroxylation is 1. The van der Waals surface area contributed by atoms with Gasteiger partial charge in [-0.05, 0) is 50.6 Å². The number of nitrogens with zero attached hydrogens (tertiary/aromatic N) is 4. The van der Waals surface area contributed by atoms with Gasteiger partial charge in [0.2, 0.25) is 0 Å². The Labute approximate surface area is 180 Å². The average molecular weight is 420 g/mol. The molecule has 4 rings (SSSR count). The average Bonchev–Trinajstić information content (AvgIpc) is 2.94. The lowest BCUT2D eigenvalue weighted by molar-refractivity contribution is 0.0715. The van der Waals surface area contributed by atoms with Crippen LogP contribution in [0.3, 0.4) is 0 Å². The van der Waals surface area contributed by atoms with Crippen LogP contribution in [-0.4, -0.2) is 57.3 Å². The second kappa shape index (κ2) is 8.71. The lowest BCUT2D eigenvalue weighted by Crippen LogP contribution is -2.37. The van der Waals surface area contributed by atoms with E-state index in [1.165, 1.54) is 12.1 Å². The molecule has 2 aromatic heterocycles. The summed E-state index contributed by atoms with van der Waals surface area (Å²) in [7, 11) is 0. The molecule has 3 heterocycles. The number of benzene rings is 1. The maximum Gasteiger partial charge on any atom is 0.256 e. The van der Waals surface area contributed by atoms with Crippen molar-refractivity contribution in [2.24, 2.45) is 0 Å². The first kappa shape index (κ1) is 20.8. The maximum atomic E-state index is 14.0. The molecule has 160 valence electrons. The highest BCUT2D eigenvalue weighted by Crippen LogP contribution is 2.22. The van der Waals surface area contributed by atoms with Gasteiger partial charge in [0, 0.05) is 43.8 Å². The number of amides is 2. The summed E-state index contributed by atoms with van der Waals surface area (Å²) >= 11 is 0. The molecule has 0 unspecified atom stereocenters. The molecule has 1 aliphatic rings. The van der Waals surface area contributed by atoms with Crippen LogP contribution in [0.4, 0.5) is 4.39 Å². The van der Waals surface area contributed by atoms with Crippen LogP contribution in [-0.2, 0) is 0 Å². The van der Waals surface area contributed by atoms with E-state index in [0.717, 1.165) is 17.2 Å². The summed E-state index contributed by atoms with van der Waals surface area (Å²) in [6.45, 7) is 5.69. The number of halogens is 1. The van der Waals surface area contributed by atoms with Gasteiger partial charge >= 0.3 is 0 Å². The molecule has 6 nitrogen and oxygen atoms in total. The molecule has 0 bridgehead atoms. The van der Waals surface area contributed by atoms with E-state index < -0.39 is 5.82 Å². The lowest BCUT2D eigenvalue weighted by Gasteiger charge is -2.22. The van der Waals surface area contributed by atoms with Gasteiger partial charge in [0.05, 0.1) is 11.1 Å². The van der Waals surface area contributed by atoms with Crippen molar-refractivity contribution in [3.63, 3.8) is 0 Å². The molecule has 3 aromatic rings. The zero-order valence-corrected chi connectivity index (χ0v) is 17.7. The summed E-state index contributed by atoms with van der Waals surface area (Å²) in [6.07, 6.45) is 2.37. The first-order valence-electron chi connectivity index (χ1n) is 10.4. The predicted molar refractivity (Wildman–Crippen MR) is 116 cm³/mol. The number of pyridine rings is 1. The highest BCUT2D eigenvalue weighted by molar-refractivity contribution is 5.96. The number of carbonyl (C=O) groups excluding carboxylic acids is 2. The van der Waals surface area contributed by atoms with Gasteiger partial charge in [0.1, 0.15) is 11.6 Å². The van der Waals surface area contributed by atoms with E-state index in [0.29, 0.717) is 38.2 Å². The van der Waals surface area contributed by atoms with Crippen LogP contribution < -0.4 is 0 Å². The zero-order chi connectivity index (χ0) is 22.0. The van der Waals surface area contributed by atoms with Gasteiger partial charge in [-0.3, -0.25) is 9.59 Å². The zero-order valence-electron chi connectivity index (χ0n) is 17.7. The summed E-state index contributed by atoms with van der Waals surface area (Å²) in [5, 5.41) is 0. The molecule has 2 amide bonds. The van der Waals surface area contributed by atoms with E-state index in [1.807, 2.05) is 42.7 Å². The molecule has 1 saturated heterocycles. The Morgan fingerprint density at radius 2 is 1.52 bits per heavy atom. The molecule has 1 aliphatic heterocycles. The van der Waals surface area contributed by atoms with Crippen LogP contribution in [0.2, 0.25) is 0 Å². The van der Waals surface area contributed by atoms with Gasteiger partial charge in [-0.1, -0.05) is 18.2 Å². The monoisotopic (exact) mass is 420 g/mol. The van der Waals surface area contributed by atoms with Crippen molar-refractivity contribution in [2.75, 3.05) is 26.2 Å². The smallest absolute Gasteiger partial charge is 0.256 e. The van der Waals surface area contributed by atoms with Crippen molar-refractivity contribution in [3.05, 3.63) is 83.1 Å². The molecule has 0 spiro atoms. The van der Waals surface area contributed by atoms with Gasteiger partial charge in [0.25, 0.3) is 11.8 Å². The molecule has 0 atom stereocenters. The van der Waals surface area contributed by atoms with Crippen LogP contribution in [0.5, 0.6) is 0 Å². The Morgan fingerprint density at radius 3 is 2.16 bits per heavy atom. The third kappa shape index (κ3) is 4.08. The van der Waals surface area contributed by atoms with Gasteiger partial charge in [-0.2, -0.15) is 0 Å². The third-order valence-electron chi connectivity index (χ3n) is 5.71. The minimum atomic E-state index is -0.522. The first-order chi connectivity index (χ1) is 15.0. The molecular weight excluding hydrogens is 395 g/mol. The van der Waals surface area contributed by atoms with E-state index >= 15 is 0 Å². The lowest BCUT2D eigenvalue weighted by atomic mass is 10.2. The summed E-state index contributed by atoms with van der Waals surface area (Å²) in [4.78, 5) is 33.9. The fourth-order valence-corrected chi connectivity index (χ4v) is 4.12. The predicted octanol–water partition coefficient (Wildman–Crippen LogP) is 3.62. The molecule has 1 aromatic carbocycles. The van der Waals surface area contributed by atoms with Crippen molar-refractivity contribution >= 4 is 11.8 Å². The normalized spacial score (nSPS) is 14.4. The Bertz CT molecular complexity index is 1110. The summed E-state index contributed by atoms with van der Waals surface area (Å²) < 4.78 is 16.0. The van der Waals surface area contributed by atoms with Gasteiger partial charge < -0.3 is 14.4 Å².